The third-order valence-corrected chi connectivity index (χ3v) is 9.58. The highest BCUT2D eigenvalue weighted by Crippen LogP contribution is 2.53. The standard InChI is InChI=1S/C34H37ClN2O7S/c1-5-34(16-17-42-24-12-8-21(9-13-24)18-26-32(39)37-33(36)45-26)15-14-25-20(2)28(30(40-3)31(41-4)29(25)44-34)43-27(38)19-22-6-10-23(35)11-7-22/h6-13,26H,5,14-19H2,1-4H3,(H2,36,37,39). The van der Waals surface area contributed by atoms with Crippen molar-refractivity contribution in [3.63, 3.8) is 0 Å². The van der Waals surface area contributed by atoms with Crippen LogP contribution in [0.4, 0.5) is 0 Å². The number of amidine groups is 1. The van der Waals surface area contributed by atoms with E-state index in [2.05, 4.69) is 12.2 Å². The normalized spacial score (nSPS) is 18.9. The second kappa shape index (κ2) is 14.0. The van der Waals surface area contributed by atoms with Crippen LogP contribution >= 0.6 is 23.4 Å². The van der Waals surface area contributed by atoms with Crippen molar-refractivity contribution in [2.45, 2.75) is 63.2 Å². The number of carbonyl (C=O) groups is 2. The van der Waals surface area contributed by atoms with E-state index >= 15 is 0 Å². The molecule has 1 fully saturated rings. The number of carbonyl (C=O) groups excluding carboxylic acids is 2. The molecule has 2 heterocycles. The lowest BCUT2D eigenvalue weighted by Crippen LogP contribution is -2.41. The van der Waals surface area contributed by atoms with Gasteiger partial charge in [0.15, 0.2) is 16.7 Å². The molecule has 2 aliphatic rings. The van der Waals surface area contributed by atoms with Crippen LogP contribution in [0, 0.1) is 12.3 Å². The second-order valence-corrected chi connectivity index (χ2v) is 12.8. The van der Waals surface area contributed by atoms with Crippen LogP contribution < -0.4 is 29.0 Å². The number of rotatable bonds is 12. The summed E-state index contributed by atoms with van der Waals surface area (Å²) in [6, 6.07) is 14.8. The van der Waals surface area contributed by atoms with Crippen molar-refractivity contribution in [3.05, 3.63) is 75.8 Å². The lowest BCUT2D eigenvalue weighted by molar-refractivity contribution is -0.133. The van der Waals surface area contributed by atoms with Crippen molar-refractivity contribution in [1.82, 2.24) is 5.32 Å². The molecule has 1 amide bonds. The molecule has 45 heavy (non-hydrogen) atoms. The number of hydrogen-bond donors (Lipinski definition) is 2. The first-order valence-electron chi connectivity index (χ1n) is 14.8. The summed E-state index contributed by atoms with van der Waals surface area (Å²) in [5.41, 5.74) is 3.01. The predicted octanol–water partition coefficient (Wildman–Crippen LogP) is 6.47. The van der Waals surface area contributed by atoms with E-state index in [1.807, 2.05) is 31.2 Å². The Morgan fingerprint density at radius 1 is 1.07 bits per heavy atom. The number of amides is 1. The smallest absolute Gasteiger partial charge is 0.315 e. The molecule has 3 aromatic carbocycles. The Balaban J connectivity index is 1.26. The highest BCUT2D eigenvalue weighted by atomic mass is 35.5. The summed E-state index contributed by atoms with van der Waals surface area (Å²) in [4.78, 5) is 24.9. The molecule has 1 saturated heterocycles. The summed E-state index contributed by atoms with van der Waals surface area (Å²) in [7, 11) is 3.06. The molecule has 2 unspecified atom stereocenters. The molecule has 0 aromatic heterocycles. The molecule has 2 atom stereocenters. The van der Waals surface area contributed by atoms with Gasteiger partial charge >= 0.3 is 5.97 Å². The third-order valence-electron chi connectivity index (χ3n) is 8.33. The molecule has 2 aliphatic heterocycles. The maximum absolute atomic E-state index is 12.9. The van der Waals surface area contributed by atoms with E-state index in [9.17, 15) is 9.59 Å². The van der Waals surface area contributed by atoms with Gasteiger partial charge in [-0.1, -0.05) is 54.6 Å². The maximum Gasteiger partial charge on any atom is 0.315 e. The number of hydrogen-bond acceptors (Lipinski definition) is 9. The molecule has 238 valence electrons. The van der Waals surface area contributed by atoms with Gasteiger partial charge in [0.2, 0.25) is 17.4 Å². The van der Waals surface area contributed by atoms with Crippen molar-refractivity contribution in [2.75, 3.05) is 20.8 Å². The Bertz CT molecular complexity index is 1580. The van der Waals surface area contributed by atoms with E-state index in [1.54, 1.807) is 31.4 Å². The Morgan fingerprint density at radius 3 is 2.38 bits per heavy atom. The minimum Gasteiger partial charge on any atom is -0.493 e. The Kier molecular flexibility index (Phi) is 10.1. The van der Waals surface area contributed by atoms with Crippen LogP contribution in [0.1, 0.15) is 48.4 Å². The van der Waals surface area contributed by atoms with Crippen molar-refractivity contribution in [1.29, 1.82) is 5.41 Å². The molecule has 0 aliphatic carbocycles. The number of methoxy groups -OCH3 is 2. The second-order valence-electron chi connectivity index (χ2n) is 11.1. The van der Waals surface area contributed by atoms with Crippen LogP contribution in [-0.2, 0) is 28.9 Å². The van der Waals surface area contributed by atoms with E-state index in [0.29, 0.717) is 53.9 Å². The van der Waals surface area contributed by atoms with Crippen LogP contribution in [0.15, 0.2) is 48.5 Å². The molecular formula is C34H37ClN2O7S. The molecule has 0 spiro atoms. The fourth-order valence-electron chi connectivity index (χ4n) is 5.71. The van der Waals surface area contributed by atoms with Crippen LogP contribution in [0.2, 0.25) is 5.02 Å². The summed E-state index contributed by atoms with van der Waals surface area (Å²) in [5.74, 6) is 1.82. The Hall–Kier alpha value is -3.89. The molecule has 2 N–H and O–H groups in total. The van der Waals surface area contributed by atoms with E-state index in [0.717, 1.165) is 40.8 Å². The number of thioether (sulfide) groups is 1. The summed E-state index contributed by atoms with van der Waals surface area (Å²) < 4.78 is 30.2. The lowest BCUT2D eigenvalue weighted by atomic mass is 9.84. The highest BCUT2D eigenvalue weighted by molar-refractivity contribution is 8.15. The molecule has 3 aromatic rings. The van der Waals surface area contributed by atoms with E-state index < -0.39 is 11.6 Å². The summed E-state index contributed by atoms with van der Waals surface area (Å²) in [6.07, 6.45) is 3.50. The monoisotopic (exact) mass is 652 g/mol. The van der Waals surface area contributed by atoms with Crippen LogP contribution in [0.25, 0.3) is 0 Å². The fourth-order valence-corrected chi connectivity index (χ4v) is 6.72. The Morgan fingerprint density at radius 2 is 1.76 bits per heavy atom. The van der Waals surface area contributed by atoms with Crippen molar-refractivity contribution in [2.24, 2.45) is 0 Å². The van der Waals surface area contributed by atoms with E-state index in [1.165, 1.54) is 18.9 Å². The van der Waals surface area contributed by atoms with Gasteiger partial charge in [-0.25, -0.2) is 0 Å². The minimum atomic E-state index is -0.484. The zero-order valence-corrected chi connectivity index (χ0v) is 27.4. The SMILES string of the molecule is CCC1(CCOc2ccc(CC3SC(=N)NC3=O)cc2)CCc2c(C)c(OC(=O)Cc3ccc(Cl)cc3)c(OC)c(OC)c2O1. The number of benzene rings is 3. The van der Waals surface area contributed by atoms with Gasteiger partial charge in [-0.05, 0) is 68.0 Å². The van der Waals surface area contributed by atoms with Crippen molar-refractivity contribution >= 4 is 40.4 Å². The number of esters is 1. The number of halogens is 1. The molecule has 5 rings (SSSR count). The highest BCUT2D eigenvalue weighted by Gasteiger charge is 2.39. The molecule has 11 heteroatoms. The van der Waals surface area contributed by atoms with Gasteiger partial charge < -0.3 is 29.0 Å². The molecular weight excluding hydrogens is 616 g/mol. The lowest BCUT2D eigenvalue weighted by Gasteiger charge is -2.39. The molecule has 0 radical (unpaired) electrons. The first kappa shape index (κ1) is 32.5. The van der Waals surface area contributed by atoms with Gasteiger partial charge in [0.25, 0.3) is 0 Å². The third kappa shape index (κ3) is 7.34. The van der Waals surface area contributed by atoms with Gasteiger partial charge in [-0.3, -0.25) is 15.0 Å². The first-order valence-corrected chi connectivity index (χ1v) is 16.1. The van der Waals surface area contributed by atoms with Crippen LogP contribution in [0.3, 0.4) is 0 Å². The van der Waals surface area contributed by atoms with Gasteiger partial charge in [0.1, 0.15) is 11.4 Å². The predicted molar refractivity (Wildman–Crippen MR) is 175 cm³/mol. The molecule has 9 nitrogen and oxygen atoms in total. The minimum absolute atomic E-state index is 0.0830. The van der Waals surface area contributed by atoms with E-state index in [4.69, 9.17) is 40.7 Å². The van der Waals surface area contributed by atoms with Gasteiger partial charge in [0, 0.05) is 22.6 Å². The van der Waals surface area contributed by atoms with Crippen LogP contribution in [0.5, 0.6) is 28.7 Å². The van der Waals surface area contributed by atoms with Crippen molar-refractivity contribution in [3.8, 4) is 28.7 Å². The quantitative estimate of drug-likeness (QED) is 0.169. The molecule has 0 bridgehead atoms. The Labute approximate surface area is 272 Å². The fraction of sp³-hybridized carbons (Fsp3) is 0.382. The van der Waals surface area contributed by atoms with Gasteiger partial charge in [0.05, 0.1) is 32.5 Å². The van der Waals surface area contributed by atoms with Gasteiger partial charge in [-0.15, -0.1) is 0 Å². The first-order chi connectivity index (χ1) is 21.6. The average molecular weight is 653 g/mol. The van der Waals surface area contributed by atoms with Crippen molar-refractivity contribution < 1.29 is 33.3 Å². The molecule has 0 saturated carbocycles. The summed E-state index contributed by atoms with van der Waals surface area (Å²) in [6.45, 7) is 4.45. The number of nitrogens with one attached hydrogen (secondary N) is 2. The summed E-state index contributed by atoms with van der Waals surface area (Å²) in [5, 5.41) is 10.7. The summed E-state index contributed by atoms with van der Waals surface area (Å²) >= 11 is 7.22. The largest absolute Gasteiger partial charge is 0.493 e. The van der Waals surface area contributed by atoms with Crippen LogP contribution in [-0.4, -0.2) is 48.7 Å². The zero-order chi connectivity index (χ0) is 32.1. The number of ether oxygens (including phenoxy) is 5. The topological polar surface area (TPSA) is 116 Å². The van der Waals surface area contributed by atoms with E-state index in [-0.39, 0.29) is 22.7 Å². The van der Waals surface area contributed by atoms with Gasteiger partial charge in [-0.2, -0.15) is 0 Å². The average Bonchev–Trinajstić information content (AvgIpc) is 3.35. The maximum atomic E-state index is 12.9. The number of fused-ring (bicyclic) bond motifs is 1. The zero-order valence-electron chi connectivity index (χ0n) is 25.8.